The fourth-order valence-corrected chi connectivity index (χ4v) is 2.97. The molecule has 7 heteroatoms. The lowest BCUT2D eigenvalue weighted by Crippen LogP contribution is -2.44. The van der Waals surface area contributed by atoms with Crippen molar-refractivity contribution >= 4 is 23.4 Å². The maximum atomic E-state index is 12.3. The van der Waals surface area contributed by atoms with Crippen LogP contribution in [0.15, 0.2) is 67.0 Å². The minimum absolute atomic E-state index is 0.266. The first-order chi connectivity index (χ1) is 13.5. The van der Waals surface area contributed by atoms with Crippen LogP contribution in [-0.2, 0) is 17.9 Å². The van der Waals surface area contributed by atoms with Crippen LogP contribution in [-0.4, -0.2) is 27.6 Å². The lowest BCUT2D eigenvalue weighted by molar-refractivity contribution is -0.122. The van der Waals surface area contributed by atoms with Gasteiger partial charge in [-0.1, -0.05) is 48.0 Å². The Kier molecular flexibility index (Phi) is 6.45. The minimum Gasteiger partial charge on any atom is -0.350 e. The third kappa shape index (κ3) is 5.20. The number of aromatic nitrogens is 2. The third-order valence-electron chi connectivity index (χ3n) is 4.22. The summed E-state index contributed by atoms with van der Waals surface area (Å²) >= 11 is 6.02. The Hall–Kier alpha value is -3.12. The molecule has 0 aliphatic heterocycles. The topological polar surface area (TPSA) is 76.0 Å². The number of benzene rings is 2. The molecular weight excluding hydrogens is 376 g/mol. The second-order valence-corrected chi connectivity index (χ2v) is 6.82. The smallest absolute Gasteiger partial charge is 0.253 e. The van der Waals surface area contributed by atoms with Crippen LogP contribution >= 0.6 is 11.6 Å². The van der Waals surface area contributed by atoms with Gasteiger partial charge in [-0.2, -0.15) is 5.10 Å². The predicted octanol–water partition coefficient (Wildman–Crippen LogP) is 3.02. The van der Waals surface area contributed by atoms with E-state index >= 15 is 0 Å². The van der Waals surface area contributed by atoms with E-state index in [0.29, 0.717) is 23.7 Å². The molecule has 1 heterocycles. The summed E-state index contributed by atoms with van der Waals surface area (Å²) in [6, 6.07) is 15.8. The molecule has 144 valence electrons. The normalized spacial score (nSPS) is 11.6. The van der Waals surface area contributed by atoms with Crippen LogP contribution in [0.4, 0.5) is 0 Å². The van der Waals surface area contributed by atoms with Crippen LogP contribution < -0.4 is 10.6 Å². The van der Waals surface area contributed by atoms with Crippen molar-refractivity contribution in [2.75, 3.05) is 0 Å². The minimum atomic E-state index is -0.684. The van der Waals surface area contributed by atoms with Gasteiger partial charge in [0, 0.05) is 18.9 Å². The van der Waals surface area contributed by atoms with E-state index in [2.05, 4.69) is 15.7 Å². The molecule has 0 aliphatic carbocycles. The number of hydrogen-bond donors (Lipinski definition) is 2. The van der Waals surface area contributed by atoms with E-state index in [-0.39, 0.29) is 11.8 Å². The molecule has 0 fully saturated rings. The number of rotatable bonds is 7. The lowest BCUT2D eigenvalue weighted by atomic mass is 10.1. The van der Waals surface area contributed by atoms with E-state index in [1.54, 1.807) is 37.4 Å². The summed E-state index contributed by atoms with van der Waals surface area (Å²) in [5.74, 6) is -0.646. The first-order valence-electron chi connectivity index (χ1n) is 8.91. The molecule has 2 N–H and O–H groups in total. The number of nitrogens with zero attached hydrogens (tertiary/aromatic N) is 2. The first kappa shape index (κ1) is 19.6. The molecule has 1 atom stereocenters. The number of carbonyl (C=O) groups excluding carboxylic acids is 2. The SMILES string of the molecule is CC(NC(=O)c1ccccc1Cl)C(=O)NCc1cccc(Cn2cccn2)c1. The van der Waals surface area contributed by atoms with Gasteiger partial charge in [-0.15, -0.1) is 0 Å². The fraction of sp³-hybridized carbons (Fsp3) is 0.190. The molecule has 1 aromatic heterocycles. The Morgan fingerprint density at radius 3 is 2.64 bits per heavy atom. The zero-order valence-electron chi connectivity index (χ0n) is 15.4. The van der Waals surface area contributed by atoms with Crippen molar-refractivity contribution in [2.45, 2.75) is 26.1 Å². The Morgan fingerprint density at radius 2 is 1.89 bits per heavy atom. The van der Waals surface area contributed by atoms with E-state index in [1.807, 2.05) is 41.2 Å². The summed E-state index contributed by atoms with van der Waals surface area (Å²) in [4.78, 5) is 24.6. The van der Waals surface area contributed by atoms with Crippen molar-refractivity contribution in [3.63, 3.8) is 0 Å². The quantitative estimate of drug-likeness (QED) is 0.644. The second-order valence-electron chi connectivity index (χ2n) is 6.42. The molecule has 3 rings (SSSR count). The van der Waals surface area contributed by atoms with Gasteiger partial charge in [0.2, 0.25) is 5.91 Å². The molecule has 2 aromatic carbocycles. The van der Waals surface area contributed by atoms with Gasteiger partial charge < -0.3 is 10.6 Å². The van der Waals surface area contributed by atoms with Crippen LogP contribution in [0.2, 0.25) is 5.02 Å². The molecule has 0 radical (unpaired) electrons. The van der Waals surface area contributed by atoms with Gasteiger partial charge in [0.05, 0.1) is 17.1 Å². The van der Waals surface area contributed by atoms with Gasteiger partial charge in [-0.25, -0.2) is 0 Å². The van der Waals surface area contributed by atoms with Gasteiger partial charge >= 0.3 is 0 Å². The Balaban J connectivity index is 1.53. The van der Waals surface area contributed by atoms with Gasteiger partial charge in [0.25, 0.3) is 5.91 Å². The molecule has 0 saturated carbocycles. The molecule has 6 nitrogen and oxygen atoms in total. The van der Waals surface area contributed by atoms with Crippen LogP contribution in [0.3, 0.4) is 0 Å². The van der Waals surface area contributed by atoms with Crippen molar-refractivity contribution < 1.29 is 9.59 Å². The predicted molar refractivity (Wildman–Crippen MR) is 108 cm³/mol. The van der Waals surface area contributed by atoms with Crippen LogP contribution in [0.25, 0.3) is 0 Å². The molecule has 0 spiro atoms. The van der Waals surface area contributed by atoms with Crippen LogP contribution in [0, 0.1) is 0 Å². The van der Waals surface area contributed by atoms with Crippen molar-refractivity contribution in [3.8, 4) is 0 Å². The Labute approximate surface area is 168 Å². The van der Waals surface area contributed by atoms with E-state index < -0.39 is 6.04 Å². The van der Waals surface area contributed by atoms with E-state index in [1.165, 1.54) is 0 Å². The molecule has 1 unspecified atom stereocenters. The number of halogens is 1. The van der Waals surface area contributed by atoms with Crippen LogP contribution in [0.1, 0.15) is 28.4 Å². The molecule has 3 aromatic rings. The highest BCUT2D eigenvalue weighted by molar-refractivity contribution is 6.33. The zero-order chi connectivity index (χ0) is 19.9. The van der Waals surface area contributed by atoms with Crippen molar-refractivity contribution in [1.29, 1.82) is 0 Å². The molecular formula is C21H21ClN4O2. The van der Waals surface area contributed by atoms with Gasteiger partial charge in [0.1, 0.15) is 6.04 Å². The highest BCUT2D eigenvalue weighted by Gasteiger charge is 2.17. The van der Waals surface area contributed by atoms with E-state index in [0.717, 1.165) is 11.1 Å². The summed E-state index contributed by atoms with van der Waals surface area (Å²) in [5, 5.41) is 10.1. The molecule has 0 aliphatic rings. The van der Waals surface area contributed by atoms with Crippen molar-refractivity contribution in [2.24, 2.45) is 0 Å². The maximum absolute atomic E-state index is 12.3. The summed E-state index contributed by atoms with van der Waals surface area (Å²) in [5.41, 5.74) is 2.41. The largest absolute Gasteiger partial charge is 0.350 e. The van der Waals surface area contributed by atoms with Crippen molar-refractivity contribution in [1.82, 2.24) is 20.4 Å². The molecule has 28 heavy (non-hydrogen) atoms. The fourth-order valence-electron chi connectivity index (χ4n) is 2.75. The monoisotopic (exact) mass is 396 g/mol. The van der Waals surface area contributed by atoms with E-state index in [4.69, 9.17) is 11.6 Å². The number of carbonyl (C=O) groups is 2. The zero-order valence-corrected chi connectivity index (χ0v) is 16.2. The standard InChI is InChI=1S/C21H21ClN4O2/c1-15(25-21(28)18-8-2-3-9-19(18)22)20(27)23-13-16-6-4-7-17(12-16)14-26-11-5-10-24-26/h2-12,15H,13-14H2,1H3,(H,23,27)(H,25,28). The average molecular weight is 397 g/mol. The number of nitrogens with one attached hydrogen (secondary N) is 2. The third-order valence-corrected chi connectivity index (χ3v) is 4.55. The Morgan fingerprint density at radius 1 is 1.11 bits per heavy atom. The number of hydrogen-bond acceptors (Lipinski definition) is 3. The summed E-state index contributed by atoms with van der Waals surface area (Å²) < 4.78 is 1.84. The summed E-state index contributed by atoms with van der Waals surface area (Å²) in [6.45, 7) is 2.68. The van der Waals surface area contributed by atoms with Crippen molar-refractivity contribution in [3.05, 3.63) is 88.7 Å². The number of amides is 2. The first-order valence-corrected chi connectivity index (χ1v) is 9.29. The van der Waals surface area contributed by atoms with Gasteiger partial charge in [-0.3, -0.25) is 14.3 Å². The highest BCUT2D eigenvalue weighted by atomic mass is 35.5. The lowest BCUT2D eigenvalue weighted by Gasteiger charge is -2.15. The van der Waals surface area contributed by atoms with Gasteiger partial charge in [0.15, 0.2) is 0 Å². The molecule has 2 amide bonds. The van der Waals surface area contributed by atoms with Gasteiger partial charge in [-0.05, 0) is 36.2 Å². The molecule has 0 saturated heterocycles. The maximum Gasteiger partial charge on any atom is 0.253 e. The van der Waals surface area contributed by atoms with Crippen LogP contribution in [0.5, 0.6) is 0 Å². The Bertz CT molecular complexity index is 957. The summed E-state index contributed by atoms with van der Waals surface area (Å²) in [6.07, 6.45) is 3.64. The molecule has 0 bridgehead atoms. The van der Waals surface area contributed by atoms with E-state index in [9.17, 15) is 9.59 Å². The highest BCUT2D eigenvalue weighted by Crippen LogP contribution is 2.14. The average Bonchev–Trinajstić information content (AvgIpc) is 3.19. The second kappa shape index (κ2) is 9.19. The summed E-state index contributed by atoms with van der Waals surface area (Å²) in [7, 11) is 0.